The van der Waals surface area contributed by atoms with Crippen LogP contribution >= 0.6 is 11.3 Å². The molecule has 0 spiro atoms. The molecule has 1 aromatic heterocycles. The molecule has 0 unspecified atom stereocenters. The van der Waals surface area contributed by atoms with E-state index in [1.807, 2.05) is 36.6 Å². The maximum Gasteiger partial charge on any atom is 0.252 e. The Labute approximate surface area is 155 Å². The lowest BCUT2D eigenvalue weighted by Gasteiger charge is -2.05. The van der Waals surface area contributed by atoms with Gasteiger partial charge in [0.25, 0.3) is 5.91 Å². The molecule has 3 aromatic rings. The van der Waals surface area contributed by atoms with E-state index in [1.54, 1.807) is 13.2 Å². The molecule has 6 heteroatoms. The summed E-state index contributed by atoms with van der Waals surface area (Å²) in [5.41, 5.74) is 4.15. The minimum atomic E-state index is -0.300. The average molecular weight is 372 g/mol. The molecular formula is C20H21FN2O2S. The number of thiazole rings is 1. The van der Waals surface area contributed by atoms with Gasteiger partial charge >= 0.3 is 0 Å². The summed E-state index contributed by atoms with van der Waals surface area (Å²) in [6.45, 7) is 5.11. The van der Waals surface area contributed by atoms with Crippen molar-refractivity contribution in [3.05, 3.63) is 63.7 Å². The summed E-state index contributed by atoms with van der Waals surface area (Å²) in [5.74, 6) is -0.517. The Hall–Kier alpha value is -2.31. The first kappa shape index (κ1) is 18.5. The highest BCUT2D eigenvalue weighted by Crippen LogP contribution is 2.19. The standard InChI is InChI=1S/C20H21FN2O2S/c1-13-4-5-15(10-14(13)2)11-19(24)22-20-23(8-9-25-3)17-7-6-16(21)12-18(17)26-20/h4-7,10,12H,8-9,11H2,1-3H3. The van der Waals surface area contributed by atoms with E-state index in [2.05, 4.69) is 4.99 Å². The monoisotopic (exact) mass is 372 g/mol. The summed E-state index contributed by atoms with van der Waals surface area (Å²) in [4.78, 5) is 17.3. The number of nitrogens with zero attached hydrogens (tertiary/aromatic N) is 2. The molecule has 0 bridgehead atoms. The molecule has 0 fully saturated rings. The quantitative estimate of drug-likeness (QED) is 0.684. The molecule has 0 aliphatic rings. The first-order valence-electron chi connectivity index (χ1n) is 8.39. The summed E-state index contributed by atoms with van der Waals surface area (Å²) in [6, 6.07) is 10.6. The number of amides is 1. The second kappa shape index (κ2) is 7.93. The normalized spacial score (nSPS) is 12.1. The van der Waals surface area contributed by atoms with Gasteiger partial charge in [-0.1, -0.05) is 29.5 Å². The van der Waals surface area contributed by atoms with Crippen molar-refractivity contribution in [3.63, 3.8) is 0 Å². The lowest BCUT2D eigenvalue weighted by atomic mass is 10.0. The van der Waals surface area contributed by atoms with E-state index in [-0.39, 0.29) is 18.1 Å². The average Bonchev–Trinajstić information content (AvgIpc) is 2.92. The maximum absolute atomic E-state index is 13.5. The number of ether oxygens (including phenoxy) is 1. The van der Waals surface area contributed by atoms with Crippen LogP contribution in [-0.2, 0) is 22.5 Å². The predicted molar refractivity (Wildman–Crippen MR) is 102 cm³/mol. The summed E-state index contributed by atoms with van der Waals surface area (Å²) < 4.78 is 21.3. The Morgan fingerprint density at radius 2 is 2.00 bits per heavy atom. The fourth-order valence-corrected chi connectivity index (χ4v) is 3.86. The molecule has 0 N–H and O–H groups in total. The predicted octanol–water partition coefficient (Wildman–Crippen LogP) is 3.78. The fraction of sp³-hybridized carbons (Fsp3) is 0.300. The van der Waals surface area contributed by atoms with Crippen molar-refractivity contribution in [3.8, 4) is 0 Å². The van der Waals surface area contributed by atoms with Crippen molar-refractivity contribution >= 4 is 27.5 Å². The molecule has 136 valence electrons. The number of methoxy groups -OCH3 is 1. The number of hydrogen-bond donors (Lipinski definition) is 0. The van der Waals surface area contributed by atoms with Crippen LogP contribution in [0.3, 0.4) is 0 Å². The number of halogens is 1. The molecule has 1 amide bonds. The summed E-state index contributed by atoms with van der Waals surface area (Å²) in [7, 11) is 1.62. The summed E-state index contributed by atoms with van der Waals surface area (Å²) in [6.07, 6.45) is 0.244. The van der Waals surface area contributed by atoms with Crippen LogP contribution in [0.4, 0.5) is 4.39 Å². The smallest absolute Gasteiger partial charge is 0.252 e. The number of fused-ring (bicyclic) bond motifs is 1. The topological polar surface area (TPSA) is 43.6 Å². The molecule has 0 aliphatic heterocycles. The van der Waals surface area contributed by atoms with Crippen LogP contribution in [0.1, 0.15) is 16.7 Å². The number of aryl methyl sites for hydroxylation is 2. The molecule has 26 heavy (non-hydrogen) atoms. The lowest BCUT2D eigenvalue weighted by Crippen LogP contribution is -2.19. The number of rotatable bonds is 5. The van der Waals surface area contributed by atoms with E-state index in [0.717, 1.165) is 21.3 Å². The molecule has 0 saturated carbocycles. The summed E-state index contributed by atoms with van der Waals surface area (Å²) in [5, 5.41) is 0. The highest BCUT2D eigenvalue weighted by Gasteiger charge is 2.10. The van der Waals surface area contributed by atoms with Gasteiger partial charge in [0.1, 0.15) is 5.82 Å². The third-order valence-electron chi connectivity index (χ3n) is 4.31. The van der Waals surface area contributed by atoms with Gasteiger partial charge in [-0.15, -0.1) is 0 Å². The molecule has 0 atom stereocenters. The Balaban J connectivity index is 1.96. The maximum atomic E-state index is 13.5. The van der Waals surface area contributed by atoms with Gasteiger partial charge in [-0.3, -0.25) is 4.79 Å². The van der Waals surface area contributed by atoms with Crippen LogP contribution in [-0.4, -0.2) is 24.2 Å². The molecule has 4 nitrogen and oxygen atoms in total. The largest absolute Gasteiger partial charge is 0.383 e. The zero-order valence-electron chi connectivity index (χ0n) is 15.1. The SMILES string of the molecule is COCCn1c(=NC(=O)Cc2ccc(C)c(C)c2)sc2cc(F)ccc21. The highest BCUT2D eigenvalue weighted by atomic mass is 32.1. The summed E-state index contributed by atoms with van der Waals surface area (Å²) >= 11 is 1.31. The molecule has 1 heterocycles. The Morgan fingerprint density at radius 3 is 2.73 bits per heavy atom. The number of hydrogen-bond acceptors (Lipinski definition) is 3. The van der Waals surface area contributed by atoms with Crippen LogP contribution < -0.4 is 4.80 Å². The third-order valence-corrected chi connectivity index (χ3v) is 5.35. The van der Waals surface area contributed by atoms with E-state index in [9.17, 15) is 9.18 Å². The van der Waals surface area contributed by atoms with Crippen molar-refractivity contribution < 1.29 is 13.9 Å². The minimum Gasteiger partial charge on any atom is -0.383 e. The van der Waals surface area contributed by atoms with Gasteiger partial charge in [0.15, 0.2) is 4.80 Å². The van der Waals surface area contributed by atoms with Gasteiger partial charge < -0.3 is 9.30 Å². The minimum absolute atomic E-state index is 0.216. The van der Waals surface area contributed by atoms with Gasteiger partial charge in [0.05, 0.1) is 23.2 Å². The van der Waals surface area contributed by atoms with E-state index in [4.69, 9.17) is 4.74 Å². The van der Waals surface area contributed by atoms with Crippen molar-refractivity contribution in [2.45, 2.75) is 26.8 Å². The Morgan fingerprint density at radius 1 is 1.19 bits per heavy atom. The Kier molecular flexibility index (Phi) is 5.64. The molecule has 0 aliphatic carbocycles. The fourth-order valence-electron chi connectivity index (χ4n) is 2.77. The van der Waals surface area contributed by atoms with Gasteiger partial charge in [0, 0.05) is 13.7 Å². The number of aromatic nitrogens is 1. The van der Waals surface area contributed by atoms with Crippen LogP contribution in [0, 0.1) is 19.7 Å². The first-order valence-corrected chi connectivity index (χ1v) is 9.21. The second-order valence-corrected chi connectivity index (χ2v) is 7.25. The van der Waals surface area contributed by atoms with Gasteiger partial charge in [-0.2, -0.15) is 4.99 Å². The van der Waals surface area contributed by atoms with E-state index in [1.165, 1.54) is 29.0 Å². The number of carbonyl (C=O) groups excluding carboxylic acids is 1. The van der Waals surface area contributed by atoms with Crippen molar-refractivity contribution in [1.29, 1.82) is 0 Å². The van der Waals surface area contributed by atoms with E-state index < -0.39 is 0 Å². The zero-order chi connectivity index (χ0) is 18.7. The van der Waals surface area contributed by atoms with E-state index >= 15 is 0 Å². The zero-order valence-corrected chi connectivity index (χ0v) is 15.9. The van der Waals surface area contributed by atoms with Crippen LogP contribution in [0.2, 0.25) is 0 Å². The molecule has 0 saturated heterocycles. The van der Waals surface area contributed by atoms with Crippen molar-refractivity contribution in [1.82, 2.24) is 4.57 Å². The van der Waals surface area contributed by atoms with Crippen LogP contribution in [0.15, 0.2) is 41.4 Å². The molecule has 0 radical (unpaired) electrons. The second-order valence-electron chi connectivity index (χ2n) is 6.24. The van der Waals surface area contributed by atoms with E-state index in [0.29, 0.717) is 18.0 Å². The lowest BCUT2D eigenvalue weighted by molar-refractivity contribution is -0.117. The molecular weight excluding hydrogens is 351 g/mol. The molecule has 2 aromatic carbocycles. The van der Waals surface area contributed by atoms with Gasteiger partial charge in [-0.25, -0.2) is 4.39 Å². The Bertz CT molecular complexity index is 1020. The highest BCUT2D eigenvalue weighted by molar-refractivity contribution is 7.16. The first-order chi connectivity index (χ1) is 12.5. The number of carbonyl (C=O) groups is 1. The van der Waals surface area contributed by atoms with Gasteiger partial charge in [0.2, 0.25) is 0 Å². The number of benzene rings is 2. The molecule has 3 rings (SSSR count). The van der Waals surface area contributed by atoms with Crippen LogP contribution in [0.25, 0.3) is 10.2 Å². The van der Waals surface area contributed by atoms with Crippen LogP contribution in [0.5, 0.6) is 0 Å². The van der Waals surface area contributed by atoms with Crippen molar-refractivity contribution in [2.75, 3.05) is 13.7 Å². The van der Waals surface area contributed by atoms with Gasteiger partial charge in [-0.05, 0) is 48.7 Å². The third kappa shape index (κ3) is 4.08. The van der Waals surface area contributed by atoms with Crippen molar-refractivity contribution in [2.24, 2.45) is 4.99 Å².